The summed E-state index contributed by atoms with van der Waals surface area (Å²) in [6.45, 7) is 2.92. The molecule has 0 bridgehead atoms. The van der Waals surface area contributed by atoms with Gasteiger partial charge in [0.15, 0.2) is 5.11 Å². The van der Waals surface area contributed by atoms with Gasteiger partial charge in [-0.25, -0.2) is 18.4 Å². The number of hydrogen-bond donors (Lipinski definition) is 4. The number of thiocarbonyl (C=S) groups is 1. The number of rotatable bonds is 8. The number of nitrogens with two attached hydrogens (primary N) is 2. The van der Waals surface area contributed by atoms with Crippen molar-refractivity contribution < 1.29 is 13.2 Å². The largest absolute Gasteiger partial charge is 0.383 e. The van der Waals surface area contributed by atoms with E-state index in [1.54, 1.807) is 18.3 Å². The van der Waals surface area contributed by atoms with Crippen LogP contribution in [0.1, 0.15) is 6.92 Å². The molecule has 2 aromatic rings. The lowest BCUT2D eigenvalue weighted by Crippen LogP contribution is -2.40. The van der Waals surface area contributed by atoms with Gasteiger partial charge in [0.05, 0.1) is 17.5 Å². The minimum absolute atomic E-state index is 0.0101. The zero-order valence-electron chi connectivity index (χ0n) is 15.2. The summed E-state index contributed by atoms with van der Waals surface area (Å²) in [4.78, 5) is 15.6. The molecular formula is C16H22N6O4S2. The number of anilines is 2. The van der Waals surface area contributed by atoms with Gasteiger partial charge in [0.25, 0.3) is 0 Å². The number of nitrogen functional groups attached to an aromatic ring is 1. The third-order valence-corrected chi connectivity index (χ3v) is 4.81. The van der Waals surface area contributed by atoms with Crippen LogP contribution < -0.4 is 27.2 Å². The Morgan fingerprint density at radius 3 is 2.57 bits per heavy atom. The maximum absolute atomic E-state index is 11.9. The third kappa shape index (κ3) is 6.56. The molecule has 0 amide bonds. The van der Waals surface area contributed by atoms with E-state index in [9.17, 15) is 13.2 Å². The van der Waals surface area contributed by atoms with Crippen molar-refractivity contribution in [1.82, 2.24) is 14.9 Å². The topological polar surface area (TPSA) is 154 Å². The number of nitrogens with one attached hydrogen (secondary N) is 2. The molecule has 0 saturated heterocycles. The molecule has 0 radical (unpaired) electrons. The molecule has 0 fully saturated rings. The van der Waals surface area contributed by atoms with Crippen LogP contribution in [0.4, 0.5) is 11.5 Å². The maximum atomic E-state index is 11.9. The number of primary sulfonamides is 1. The van der Waals surface area contributed by atoms with Crippen molar-refractivity contribution in [3.8, 4) is 0 Å². The molecule has 0 saturated carbocycles. The zero-order valence-corrected chi connectivity index (χ0v) is 16.8. The molecule has 0 aliphatic rings. The molecule has 1 aromatic heterocycles. The van der Waals surface area contributed by atoms with Gasteiger partial charge in [-0.15, -0.1) is 0 Å². The molecule has 0 aliphatic heterocycles. The summed E-state index contributed by atoms with van der Waals surface area (Å²) >= 11 is 5.23. The molecule has 152 valence electrons. The molecule has 0 spiro atoms. The standard InChI is InChI=1S/C16H22N6O4S2/c1-2-26-12(10-22-8-7-14(17)21-16(22)23)9-19-15(27)20-11-3-5-13(6-4-11)28(18,24)25/h3-8,12H,2,9-10H2,1H3,(H2,17,21,23)(H2,18,24,25)(H2,19,20,27)/t12-/m1/s1. The second kappa shape index (κ2) is 9.59. The molecule has 1 aromatic carbocycles. The van der Waals surface area contributed by atoms with Crippen molar-refractivity contribution >= 4 is 38.9 Å². The number of ether oxygens (including phenoxy) is 1. The number of nitrogens with zero attached hydrogens (tertiary/aromatic N) is 2. The van der Waals surface area contributed by atoms with Gasteiger partial charge in [0.2, 0.25) is 10.0 Å². The van der Waals surface area contributed by atoms with Crippen LogP contribution in [-0.2, 0) is 21.3 Å². The summed E-state index contributed by atoms with van der Waals surface area (Å²) in [6, 6.07) is 7.39. The molecule has 10 nitrogen and oxygen atoms in total. The SMILES string of the molecule is CCO[C@H](CNC(=S)Nc1ccc(S(N)(=O)=O)cc1)Cn1ccc(N)nc1=O. The first-order valence-electron chi connectivity index (χ1n) is 8.31. The lowest BCUT2D eigenvalue weighted by molar-refractivity contribution is 0.0528. The van der Waals surface area contributed by atoms with Crippen LogP contribution >= 0.6 is 12.2 Å². The van der Waals surface area contributed by atoms with Crippen LogP contribution in [0, 0.1) is 0 Å². The lowest BCUT2D eigenvalue weighted by atomic mass is 10.3. The summed E-state index contributed by atoms with van der Waals surface area (Å²) < 4.78 is 29.6. The molecule has 6 N–H and O–H groups in total. The molecule has 28 heavy (non-hydrogen) atoms. The Hall–Kier alpha value is -2.54. The highest BCUT2D eigenvalue weighted by atomic mass is 32.2. The Bertz CT molecular complexity index is 975. The Morgan fingerprint density at radius 1 is 1.32 bits per heavy atom. The molecule has 12 heteroatoms. The van der Waals surface area contributed by atoms with Gasteiger partial charge in [-0.2, -0.15) is 4.98 Å². The van der Waals surface area contributed by atoms with E-state index >= 15 is 0 Å². The third-order valence-electron chi connectivity index (χ3n) is 3.63. The van der Waals surface area contributed by atoms with E-state index in [2.05, 4.69) is 15.6 Å². The first-order valence-corrected chi connectivity index (χ1v) is 10.3. The van der Waals surface area contributed by atoms with Crippen LogP contribution in [0.25, 0.3) is 0 Å². The normalized spacial score (nSPS) is 12.4. The van der Waals surface area contributed by atoms with E-state index in [1.165, 1.54) is 22.8 Å². The summed E-state index contributed by atoms with van der Waals surface area (Å²) in [5.41, 5.74) is 5.62. The first-order chi connectivity index (χ1) is 13.2. The summed E-state index contributed by atoms with van der Waals surface area (Å²) in [5.74, 6) is 0.158. The van der Waals surface area contributed by atoms with Gasteiger partial charge < -0.3 is 21.1 Å². The Balaban J connectivity index is 1.93. The predicted octanol–water partition coefficient (Wildman–Crippen LogP) is -0.135. The zero-order chi connectivity index (χ0) is 20.7. The van der Waals surface area contributed by atoms with Gasteiger partial charge >= 0.3 is 5.69 Å². The fourth-order valence-corrected chi connectivity index (χ4v) is 3.04. The highest BCUT2D eigenvalue weighted by molar-refractivity contribution is 7.89. The maximum Gasteiger partial charge on any atom is 0.349 e. The van der Waals surface area contributed by atoms with Gasteiger partial charge in [0, 0.05) is 25.0 Å². The highest BCUT2D eigenvalue weighted by Crippen LogP contribution is 2.12. The number of sulfonamides is 1. The fraction of sp³-hybridized carbons (Fsp3) is 0.312. The first kappa shape index (κ1) is 21.8. The van der Waals surface area contributed by atoms with Crippen molar-refractivity contribution in [2.45, 2.75) is 24.5 Å². The molecular weight excluding hydrogens is 404 g/mol. The number of benzene rings is 1. The predicted molar refractivity (Wildman–Crippen MR) is 110 cm³/mol. The molecule has 1 atom stereocenters. The average Bonchev–Trinajstić information content (AvgIpc) is 2.62. The van der Waals surface area contributed by atoms with E-state index in [0.717, 1.165) is 0 Å². The van der Waals surface area contributed by atoms with Crippen molar-refractivity contribution in [2.75, 3.05) is 24.2 Å². The van der Waals surface area contributed by atoms with Crippen molar-refractivity contribution in [3.63, 3.8) is 0 Å². The Kier molecular flexibility index (Phi) is 7.45. The van der Waals surface area contributed by atoms with E-state index in [1.807, 2.05) is 6.92 Å². The summed E-state index contributed by atoms with van der Waals surface area (Å²) in [5, 5.41) is 11.3. The molecule has 2 rings (SSSR count). The second-order valence-corrected chi connectivity index (χ2v) is 7.74. The van der Waals surface area contributed by atoms with Crippen LogP contribution in [0.15, 0.2) is 46.2 Å². The van der Waals surface area contributed by atoms with E-state index < -0.39 is 15.7 Å². The van der Waals surface area contributed by atoms with E-state index in [4.69, 9.17) is 27.8 Å². The van der Waals surface area contributed by atoms with Crippen molar-refractivity contribution in [2.24, 2.45) is 5.14 Å². The minimum Gasteiger partial charge on any atom is -0.383 e. The van der Waals surface area contributed by atoms with Crippen molar-refractivity contribution in [1.29, 1.82) is 0 Å². The van der Waals surface area contributed by atoms with Crippen molar-refractivity contribution in [3.05, 3.63) is 47.0 Å². The Labute approximate surface area is 168 Å². The highest BCUT2D eigenvalue weighted by Gasteiger charge is 2.12. The second-order valence-electron chi connectivity index (χ2n) is 5.77. The lowest BCUT2D eigenvalue weighted by Gasteiger charge is -2.20. The van der Waals surface area contributed by atoms with Crippen LogP contribution in [-0.4, -0.2) is 42.3 Å². The molecule has 0 unspecified atom stereocenters. The smallest absolute Gasteiger partial charge is 0.349 e. The van der Waals surface area contributed by atoms with Crippen LogP contribution in [0.3, 0.4) is 0 Å². The minimum atomic E-state index is -3.75. The van der Waals surface area contributed by atoms with Gasteiger partial charge in [-0.05, 0) is 49.5 Å². The monoisotopic (exact) mass is 426 g/mol. The van der Waals surface area contributed by atoms with Crippen LogP contribution in [0.2, 0.25) is 0 Å². The fourth-order valence-electron chi connectivity index (χ4n) is 2.32. The summed E-state index contributed by atoms with van der Waals surface area (Å²) in [7, 11) is -3.75. The van der Waals surface area contributed by atoms with E-state index in [-0.39, 0.29) is 23.4 Å². The summed E-state index contributed by atoms with van der Waals surface area (Å²) in [6.07, 6.45) is 1.22. The van der Waals surface area contributed by atoms with E-state index in [0.29, 0.717) is 24.0 Å². The van der Waals surface area contributed by atoms with Crippen LogP contribution in [0.5, 0.6) is 0 Å². The number of hydrogen-bond acceptors (Lipinski definition) is 7. The molecule has 1 heterocycles. The average molecular weight is 427 g/mol. The van der Waals surface area contributed by atoms with Gasteiger partial charge in [-0.1, -0.05) is 0 Å². The Morgan fingerprint density at radius 2 is 2.00 bits per heavy atom. The molecule has 0 aliphatic carbocycles. The quantitative estimate of drug-likeness (QED) is 0.422. The van der Waals surface area contributed by atoms with Gasteiger partial charge in [0.1, 0.15) is 5.82 Å². The number of aromatic nitrogens is 2. The van der Waals surface area contributed by atoms with Gasteiger partial charge in [-0.3, -0.25) is 4.57 Å².